The molecule has 0 saturated carbocycles. The van der Waals surface area contributed by atoms with E-state index in [-0.39, 0.29) is 6.04 Å². The standard InChI is InChI=1S/C9H17NO3S/c11-14(12)5-3-8(7-14)10-6-9-2-1-4-13-9/h8-10H,1-7H2/p+1/t8-,9-/m0/s1. The topological polar surface area (TPSA) is 60.0 Å². The molecule has 4 nitrogen and oxygen atoms in total. The summed E-state index contributed by atoms with van der Waals surface area (Å²) in [5.74, 6) is 0.736. The summed E-state index contributed by atoms with van der Waals surface area (Å²) in [4.78, 5) is 0. The molecule has 0 aromatic carbocycles. The van der Waals surface area contributed by atoms with Gasteiger partial charge >= 0.3 is 0 Å². The molecule has 0 bridgehead atoms. The molecule has 0 radical (unpaired) electrons. The van der Waals surface area contributed by atoms with Gasteiger partial charge in [0, 0.05) is 13.0 Å². The van der Waals surface area contributed by atoms with Crippen molar-refractivity contribution in [3.8, 4) is 0 Å². The summed E-state index contributed by atoms with van der Waals surface area (Å²) < 4.78 is 27.9. The summed E-state index contributed by atoms with van der Waals surface area (Å²) in [6.07, 6.45) is 3.46. The molecule has 2 aliphatic heterocycles. The van der Waals surface area contributed by atoms with Crippen LogP contribution in [0.25, 0.3) is 0 Å². The van der Waals surface area contributed by atoms with Crippen LogP contribution in [-0.2, 0) is 14.6 Å². The molecule has 2 aliphatic rings. The minimum atomic E-state index is -2.71. The van der Waals surface area contributed by atoms with Gasteiger partial charge in [-0.3, -0.25) is 0 Å². The summed E-state index contributed by atoms with van der Waals surface area (Å²) in [6, 6.07) is 0.282. The fraction of sp³-hybridized carbons (Fsp3) is 1.00. The maximum Gasteiger partial charge on any atom is 0.156 e. The number of hydrogen-bond acceptors (Lipinski definition) is 3. The van der Waals surface area contributed by atoms with E-state index in [9.17, 15) is 8.42 Å². The molecular formula is C9H18NO3S+. The second kappa shape index (κ2) is 4.16. The smallest absolute Gasteiger partial charge is 0.156 e. The number of nitrogens with two attached hydrogens (primary N) is 1. The average molecular weight is 220 g/mol. The molecule has 0 aliphatic carbocycles. The van der Waals surface area contributed by atoms with Crippen molar-refractivity contribution in [2.75, 3.05) is 24.7 Å². The molecule has 0 unspecified atom stereocenters. The Morgan fingerprint density at radius 1 is 1.36 bits per heavy atom. The minimum Gasteiger partial charge on any atom is -0.372 e. The van der Waals surface area contributed by atoms with Crippen LogP contribution in [-0.4, -0.2) is 45.2 Å². The lowest BCUT2D eigenvalue weighted by molar-refractivity contribution is -0.689. The van der Waals surface area contributed by atoms with Crippen LogP contribution in [0, 0.1) is 0 Å². The first-order chi connectivity index (χ1) is 6.66. The third kappa shape index (κ3) is 2.68. The SMILES string of the molecule is O=S1(=O)CC[C@H]([NH2+]C[C@@H]2CCCO2)C1. The van der Waals surface area contributed by atoms with Crippen molar-refractivity contribution in [3.05, 3.63) is 0 Å². The van der Waals surface area contributed by atoms with Gasteiger partial charge in [-0.05, 0) is 12.8 Å². The van der Waals surface area contributed by atoms with E-state index in [1.165, 1.54) is 0 Å². The van der Waals surface area contributed by atoms with Crippen molar-refractivity contribution in [1.29, 1.82) is 0 Å². The van der Waals surface area contributed by atoms with Gasteiger partial charge in [0.05, 0.1) is 5.75 Å². The van der Waals surface area contributed by atoms with Gasteiger partial charge in [0.15, 0.2) is 9.84 Å². The minimum absolute atomic E-state index is 0.282. The Balaban J connectivity index is 1.71. The van der Waals surface area contributed by atoms with Crippen LogP contribution < -0.4 is 5.32 Å². The maximum atomic E-state index is 11.2. The van der Waals surface area contributed by atoms with Gasteiger partial charge in [-0.25, -0.2) is 8.42 Å². The molecule has 0 aromatic rings. The van der Waals surface area contributed by atoms with Crippen LogP contribution in [0.15, 0.2) is 0 Å². The summed E-state index contributed by atoms with van der Waals surface area (Å²) >= 11 is 0. The molecule has 2 N–H and O–H groups in total. The van der Waals surface area contributed by atoms with Gasteiger partial charge in [0.1, 0.15) is 24.4 Å². The number of quaternary nitrogens is 1. The van der Waals surface area contributed by atoms with E-state index < -0.39 is 9.84 Å². The predicted molar refractivity (Wildman–Crippen MR) is 52.8 cm³/mol. The number of hydrogen-bond donors (Lipinski definition) is 1. The second-order valence-corrected chi connectivity index (χ2v) is 6.50. The monoisotopic (exact) mass is 220 g/mol. The van der Waals surface area contributed by atoms with Crippen LogP contribution in [0.3, 0.4) is 0 Å². The Morgan fingerprint density at radius 2 is 2.21 bits per heavy atom. The number of rotatable bonds is 3. The van der Waals surface area contributed by atoms with E-state index in [0.29, 0.717) is 17.6 Å². The van der Waals surface area contributed by atoms with E-state index in [4.69, 9.17) is 4.74 Å². The zero-order valence-electron chi connectivity index (χ0n) is 8.31. The Bertz CT molecular complexity index is 282. The predicted octanol–water partition coefficient (Wildman–Crippen LogP) is -1.08. The first-order valence-electron chi connectivity index (χ1n) is 5.31. The number of sulfone groups is 1. The van der Waals surface area contributed by atoms with Crippen LogP contribution in [0.1, 0.15) is 19.3 Å². The molecule has 5 heteroatoms. The van der Waals surface area contributed by atoms with Gasteiger partial charge in [-0.15, -0.1) is 0 Å². The second-order valence-electron chi connectivity index (χ2n) is 4.27. The Kier molecular flexibility index (Phi) is 3.09. The van der Waals surface area contributed by atoms with E-state index in [1.807, 2.05) is 0 Å². The average Bonchev–Trinajstić information content (AvgIpc) is 2.70. The molecule has 2 saturated heterocycles. The highest BCUT2D eigenvalue weighted by molar-refractivity contribution is 7.91. The normalized spacial score (nSPS) is 36.3. The van der Waals surface area contributed by atoms with Crippen molar-refractivity contribution >= 4 is 9.84 Å². The van der Waals surface area contributed by atoms with E-state index in [2.05, 4.69) is 5.32 Å². The summed E-state index contributed by atoms with van der Waals surface area (Å²) in [5.41, 5.74) is 0. The highest BCUT2D eigenvalue weighted by Crippen LogP contribution is 2.11. The van der Waals surface area contributed by atoms with Crippen LogP contribution in [0.4, 0.5) is 0 Å². The molecular weight excluding hydrogens is 202 g/mol. The summed E-state index contributed by atoms with van der Waals surface area (Å²) in [5, 5.41) is 2.15. The highest BCUT2D eigenvalue weighted by Gasteiger charge is 2.31. The Hall–Kier alpha value is -0.130. The molecule has 2 fully saturated rings. The van der Waals surface area contributed by atoms with Gasteiger partial charge in [0.2, 0.25) is 0 Å². The third-order valence-electron chi connectivity index (χ3n) is 3.02. The zero-order valence-corrected chi connectivity index (χ0v) is 9.13. The van der Waals surface area contributed by atoms with Crippen molar-refractivity contribution in [1.82, 2.24) is 0 Å². The van der Waals surface area contributed by atoms with Crippen LogP contribution in [0.2, 0.25) is 0 Å². The van der Waals surface area contributed by atoms with E-state index >= 15 is 0 Å². The molecule has 2 rings (SSSR count). The molecule has 0 amide bonds. The van der Waals surface area contributed by atoms with Crippen LogP contribution in [0.5, 0.6) is 0 Å². The van der Waals surface area contributed by atoms with Crippen molar-refractivity contribution < 1.29 is 18.5 Å². The zero-order chi connectivity index (χ0) is 10.0. The van der Waals surface area contributed by atoms with Crippen molar-refractivity contribution in [3.63, 3.8) is 0 Å². The maximum absolute atomic E-state index is 11.2. The Labute approximate surface area is 84.9 Å². The molecule has 2 heterocycles. The lowest BCUT2D eigenvalue weighted by Crippen LogP contribution is -2.92. The molecule has 2 atom stereocenters. The van der Waals surface area contributed by atoms with Gasteiger partial charge < -0.3 is 10.1 Å². The van der Waals surface area contributed by atoms with Crippen molar-refractivity contribution in [2.24, 2.45) is 0 Å². The van der Waals surface area contributed by atoms with Gasteiger partial charge in [-0.2, -0.15) is 0 Å². The highest BCUT2D eigenvalue weighted by atomic mass is 32.2. The summed E-state index contributed by atoms with van der Waals surface area (Å²) in [6.45, 7) is 1.81. The number of ether oxygens (including phenoxy) is 1. The fourth-order valence-corrected chi connectivity index (χ4v) is 3.97. The quantitative estimate of drug-likeness (QED) is 0.658. The van der Waals surface area contributed by atoms with Crippen LogP contribution >= 0.6 is 0 Å². The first kappa shape index (κ1) is 10.4. The van der Waals surface area contributed by atoms with Gasteiger partial charge in [0.25, 0.3) is 0 Å². The summed E-state index contributed by atoms with van der Waals surface area (Å²) in [7, 11) is -2.71. The van der Waals surface area contributed by atoms with E-state index in [0.717, 1.165) is 32.4 Å². The molecule has 14 heavy (non-hydrogen) atoms. The molecule has 0 spiro atoms. The van der Waals surface area contributed by atoms with Crippen molar-refractivity contribution in [2.45, 2.75) is 31.4 Å². The molecule has 82 valence electrons. The third-order valence-corrected chi connectivity index (χ3v) is 4.82. The van der Waals surface area contributed by atoms with Gasteiger partial charge in [-0.1, -0.05) is 0 Å². The first-order valence-corrected chi connectivity index (χ1v) is 7.13. The lowest BCUT2D eigenvalue weighted by atomic mass is 10.2. The lowest BCUT2D eigenvalue weighted by Gasteiger charge is -2.11. The fourth-order valence-electron chi connectivity index (χ4n) is 2.18. The molecule has 0 aromatic heterocycles. The Morgan fingerprint density at radius 3 is 2.79 bits per heavy atom. The largest absolute Gasteiger partial charge is 0.372 e. The van der Waals surface area contributed by atoms with E-state index in [1.54, 1.807) is 0 Å².